The number of aromatic nitrogens is 2. The van der Waals surface area contributed by atoms with Gasteiger partial charge < -0.3 is 0 Å². The minimum absolute atomic E-state index is 0.172. The van der Waals surface area contributed by atoms with Crippen LogP contribution in [0.15, 0.2) is 12.3 Å². The predicted octanol–water partition coefficient (Wildman–Crippen LogP) is 4.12. The van der Waals surface area contributed by atoms with Crippen molar-refractivity contribution in [3.63, 3.8) is 0 Å². The summed E-state index contributed by atoms with van der Waals surface area (Å²) in [6.07, 6.45) is 8.62. The molecule has 2 unspecified atom stereocenters. The standard InChI is InChI=1S/C16H25N3/c1-4-14-6-5-8-16(10-14,12-17)11-15-7-9-19(18-15)13(2)3/h7,9,13-14H,4-6,8,10-11H2,1-3H3. The third-order valence-corrected chi connectivity index (χ3v) is 4.47. The van der Waals surface area contributed by atoms with Crippen LogP contribution in [-0.2, 0) is 6.42 Å². The van der Waals surface area contributed by atoms with E-state index < -0.39 is 0 Å². The molecule has 0 N–H and O–H groups in total. The Labute approximate surface area is 116 Å². The second-order valence-electron chi connectivity index (χ2n) is 6.32. The molecule has 0 radical (unpaired) electrons. The fourth-order valence-corrected chi connectivity index (χ4v) is 3.24. The van der Waals surface area contributed by atoms with E-state index in [1.165, 1.54) is 19.3 Å². The second kappa shape index (κ2) is 5.77. The van der Waals surface area contributed by atoms with Gasteiger partial charge in [-0.25, -0.2) is 0 Å². The van der Waals surface area contributed by atoms with Gasteiger partial charge in [-0.1, -0.05) is 26.2 Å². The highest BCUT2D eigenvalue weighted by Gasteiger charge is 2.36. The molecule has 0 aliphatic heterocycles. The number of hydrogen-bond donors (Lipinski definition) is 0. The molecule has 0 bridgehead atoms. The molecule has 1 aromatic heterocycles. The molecule has 1 heterocycles. The Hall–Kier alpha value is -1.30. The third kappa shape index (κ3) is 3.18. The van der Waals surface area contributed by atoms with Gasteiger partial charge in [0, 0.05) is 18.7 Å². The van der Waals surface area contributed by atoms with E-state index in [-0.39, 0.29) is 5.41 Å². The van der Waals surface area contributed by atoms with Gasteiger partial charge >= 0.3 is 0 Å². The van der Waals surface area contributed by atoms with Crippen LogP contribution in [0.1, 0.15) is 64.6 Å². The van der Waals surface area contributed by atoms with Crippen molar-refractivity contribution in [2.24, 2.45) is 11.3 Å². The molecule has 0 aromatic carbocycles. The average molecular weight is 259 g/mol. The normalized spacial score (nSPS) is 27.4. The summed E-state index contributed by atoms with van der Waals surface area (Å²) in [5.74, 6) is 0.723. The van der Waals surface area contributed by atoms with Crippen LogP contribution in [0.4, 0.5) is 0 Å². The summed E-state index contributed by atoms with van der Waals surface area (Å²) in [5, 5.41) is 14.3. The van der Waals surface area contributed by atoms with E-state index in [4.69, 9.17) is 0 Å². The van der Waals surface area contributed by atoms with Crippen molar-refractivity contribution in [3.05, 3.63) is 18.0 Å². The molecule has 2 rings (SSSR count). The lowest BCUT2D eigenvalue weighted by atomic mass is 9.67. The van der Waals surface area contributed by atoms with Gasteiger partial charge in [-0.2, -0.15) is 10.4 Å². The molecule has 3 heteroatoms. The van der Waals surface area contributed by atoms with Gasteiger partial charge in [-0.3, -0.25) is 4.68 Å². The van der Waals surface area contributed by atoms with E-state index >= 15 is 0 Å². The Morgan fingerprint density at radius 1 is 1.58 bits per heavy atom. The first-order valence-electron chi connectivity index (χ1n) is 7.54. The summed E-state index contributed by atoms with van der Waals surface area (Å²) in [7, 11) is 0. The first kappa shape index (κ1) is 14.1. The number of nitriles is 1. The smallest absolute Gasteiger partial charge is 0.0693 e. The van der Waals surface area contributed by atoms with E-state index in [1.54, 1.807) is 0 Å². The van der Waals surface area contributed by atoms with Gasteiger partial charge in [0.25, 0.3) is 0 Å². The fraction of sp³-hybridized carbons (Fsp3) is 0.750. The lowest BCUT2D eigenvalue weighted by Crippen LogP contribution is -2.29. The highest BCUT2D eigenvalue weighted by atomic mass is 15.3. The van der Waals surface area contributed by atoms with Crippen LogP contribution in [0.5, 0.6) is 0 Å². The summed E-state index contributed by atoms with van der Waals surface area (Å²) < 4.78 is 1.99. The van der Waals surface area contributed by atoms with E-state index in [0.29, 0.717) is 6.04 Å². The lowest BCUT2D eigenvalue weighted by Gasteiger charge is -2.35. The van der Waals surface area contributed by atoms with E-state index in [1.807, 2.05) is 10.9 Å². The molecule has 1 aliphatic rings. The molecular weight excluding hydrogens is 234 g/mol. The van der Waals surface area contributed by atoms with Crippen LogP contribution >= 0.6 is 0 Å². The Morgan fingerprint density at radius 3 is 2.95 bits per heavy atom. The monoisotopic (exact) mass is 259 g/mol. The van der Waals surface area contributed by atoms with Crippen LogP contribution < -0.4 is 0 Å². The maximum Gasteiger partial charge on any atom is 0.0693 e. The van der Waals surface area contributed by atoms with E-state index in [9.17, 15) is 5.26 Å². The van der Waals surface area contributed by atoms with Gasteiger partial charge in [0.1, 0.15) is 0 Å². The number of rotatable bonds is 4. The molecule has 19 heavy (non-hydrogen) atoms. The van der Waals surface area contributed by atoms with Crippen molar-refractivity contribution in [1.29, 1.82) is 5.26 Å². The quantitative estimate of drug-likeness (QED) is 0.816. The minimum Gasteiger partial charge on any atom is -0.270 e. The van der Waals surface area contributed by atoms with Crippen molar-refractivity contribution in [1.82, 2.24) is 9.78 Å². The van der Waals surface area contributed by atoms with Gasteiger partial charge in [0.05, 0.1) is 17.2 Å². The minimum atomic E-state index is -0.172. The SMILES string of the molecule is CCC1CCCC(C#N)(Cc2ccn(C(C)C)n2)C1. The average Bonchev–Trinajstić information content (AvgIpc) is 2.87. The maximum atomic E-state index is 9.65. The van der Waals surface area contributed by atoms with Crippen molar-refractivity contribution in [3.8, 4) is 6.07 Å². The van der Waals surface area contributed by atoms with Crippen LogP contribution in [0.25, 0.3) is 0 Å². The van der Waals surface area contributed by atoms with E-state index in [2.05, 4.69) is 38.0 Å². The Balaban J connectivity index is 2.11. The van der Waals surface area contributed by atoms with Crippen LogP contribution in [-0.4, -0.2) is 9.78 Å². The zero-order chi connectivity index (χ0) is 13.9. The first-order valence-corrected chi connectivity index (χ1v) is 7.54. The van der Waals surface area contributed by atoms with Gasteiger partial charge in [0.15, 0.2) is 0 Å². The topological polar surface area (TPSA) is 41.6 Å². The third-order valence-electron chi connectivity index (χ3n) is 4.47. The Kier molecular flexibility index (Phi) is 4.29. The van der Waals surface area contributed by atoms with Gasteiger partial charge in [-0.15, -0.1) is 0 Å². The Morgan fingerprint density at radius 2 is 2.37 bits per heavy atom. The summed E-state index contributed by atoms with van der Waals surface area (Å²) in [5.41, 5.74) is 0.904. The second-order valence-corrected chi connectivity index (χ2v) is 6.32. The molecule has 0 spiro atoms. The first-order chi connectivity index (χ1) is 9.08. The molecule has 2 atom stereocenters. The van der Waals surface area contributed by atoms with Gasteiger partial charge in [-0.05, 0) is 38.7 Å². The van der Waals surface area contributed by atoms with Crippen LogP contribution in [0, 0.1) is 22.7 Å². The summed E-state index contributed by atoms with van der Waals surface area (Å²) in [4.78, 5) is 0. The Bertz CT molecular complexity index is 455. The van der Waals surface area contributed by atoms with E-state index in [0.717, 1.165) is 30.9 Å². The number of nitrogens with zero attached hydrogens (tertiary/aromatic N) is 3. The summed E-state index contributed by atoms with van der Waals surface area (Å²) in [6.45, 7) is 6.50. The van der Waals surface area contributed by atoms with Crippen molar-refractivity contribution in [2.75, 3.05) is 0 Å². The zero-order valence-corrected chi connectivity index (χ0v) is 12.4. The highest BCUT2D eigenvalue weighted by Crippen LogP contribution is 2.42. The van der Waals surface area contributed by atoms with Crippen molar-refractivity contribution >= 4 is 0 Å². The predicted molar refractivity (Wildman–Crippen MR) is 76.6 cm³/mol. The van der Waals surface area contributed by atoms with Crippen molar-refractivity contribution < 1.29 is 0 Å². The molecule has 1 aromatic rings. The number of hydrogen-bond acceptors (Lipinski definition) is 2. The summed E-state index contributed by atoms with van der Waals surface area (Å²) >= 11 is 0. The molecule has 1 saturated carbocycles. The zero-order valence-electron chi connectivity index (χ0n) is 12.4. The fourth-order valence-electron chi connectivity index (χ4n) is 3.24. The molecule has 104 valence electrons. The lowest BCUT2D eigenvalue weighted by molar-refractivity contribution is 0.192. The molecule has 0 amide bonds. The molecule has 0 saturated heterocycles. The maximum absolute atomic E-state index is 9.65. The van der Waals surface area contributed by atoms with Gasteiger partial charge in [0.2, 0.25) is 0 Å². The molecule has 3 nitrogen and oxygen atoms in total. The molecule has 1 aliphatic carbocycles. The molecular formula is C16H25N3. The molecule has 1 fully saturated rings. The van der Waals surface area contributed by atoms with Crippen molar-refractivity contribution in [2.45, 2.75) is 65.3 Å². The van der Waals surface area contributed by atoms with Crippen LogP contribution in [0.2, 0.25) is 0 Å². The largest absolute Gasteiger partial charge is 0.270 e. The van der Waals surface area contributed by atoms with Crippen LogP contribution in [0.3, 0.4) is 0 Å². The highest BCUT2D eigenvalue weighted by molar-refractivity contribution is 5.11. The summed E-state index contributed by atoms with van der Waals surface area (Å²) in [6, 6.07) is 5.09.